The summed E-state index contributed by atoms with van der Waals surface area (Å²) in [5.41, 5.74) is 2.36. The summed E-state index contributed by atoms with van der Waals surface area (Å²) in [5.74, 6) is -1.52. The van der Waals surface area contributed by atoms with Gasteiger partial charge in [0.1, 0.15) is 5.76 Å². The van der Waals surface area contributed by atoms with E-state index in [0.29, 0.717) is 41.1 Å². The predicted octanol–water partition coefficient (Wildman–Crippen LogP) is -0.799. The van der Waals surface area contributed by atoms with Crippen LogP contribution >= 0.6 is 0 Å². The molecular formula is C25H26N3NaO5. The third kappa shape index (κ3) is 6.28. The van der Waals surface area contributed by atoms with Crippen molar-refractivity contribution in [1.82, 2.24) is 10.2 Å². The molecule has 0 spiro atoms. The van der Waals surface area contributed by atoms with Gasteiger partial charge in [0.2, 0.25) is 0 Å². The number of allylic oxidation sites excluding steroid dienone is 2. The Morgan fingerprint density at radius 1 is 1.09 bits per heavy atom. The van der Waals surface area contributed by atoms with Crippen LogP contribution < -0.4 is 45.3 Å². The minimum Gasteiger partial charge on any atom is -0.550 e. The molecule has 0 bridgehead atoms. The maximum absolute atomic E-state index is 12.9. The van der Waals surface area contributed by atoms with Gasteiger partial charge in [-0.15, -0.1) is 0 Å². The molecule has 0 aliphatic carbocycles. The number of hydrogen-bond acceptors (Lipinski definition) is 7. The van der Waals surface area contributed by atoms with Crippen molar-refractivity contribution >= 4 is 34.2 Å². The zero-order chi connectivity index (χ0) is 24.0. The van der Waals surface area contributed by atoms with Gasteiger partial charge in [0, 0.05) is 58.9 Å². The maximum atomic E-state index is 12.9. The summed E-state index contributed by atoms with van der Waals surface area (Å²) >= 11 is 0. The average molecular weight is 471 g/mol. The average Bonchev–Trinajstić information content (AvgIpc) is 2.80. The molecule has 172 valence electrons. The minimum absolute atomic E-state index is 0. The number of methoxy groups -OCH3 is 1. The molecule has 2 amide bonds. The van der Waals surface area contributed by atoms with Gasteiger partial charge in [0.25, 0.3) is 11.8 Å². The van der Waals surface area contributed by atoms with E-state index < -0.39 is 17.8 Å². The molecule has 2 N–H and O–H groups in total. The van der Waals surface area contributed by atoms with Crippen molar-refractivity contribution in [2.45, 2.75) is 12.8 Å². The zero-order valence-electron chi connectivity index (χ0n) is 19.5. The summed E-state index contributed by atoms with van der Waals surface area (Å²) < 4.78 is 4.97. The number of imide groups is 1. The minimum atomic E-state index is -1.21. The smallest absolute Gasteiger partial charge is 0.550 e. The Labute approximate surface area is 220 Å². The molecule has 2 aromatic carbocycles. The normalized spacial score (nSPS) is 12.4. The Hall–Kier alpha value is -3.07. The number of aliphatic carboxylic acids is 1. The number of carboxylic acids is 1. The SMILES string of the molecule is C=C(/C=C\C(=C)OC)NCCNc1ccc2c3c(cccc13)C(=O)N(CCCC(=O)[O-])C2=O.[Na+]. The summed E-state index contributed by atoms with van der Waals surface area (Å²) in [6, 6.07) is 8.82. The van der Waals surface area contributed by atoms with Crippen molar-refractivity contribution in [2.24, 2.45) is 0 Å². The second-order valence-corrected chi connectivity index (χ2v) is 7.51. The second kappa shape index (κ2) is 12.4. The van der Waals surface area contributed by atoms with Gasteiger partial charge in [0.05, 0.1) is 7.11 Å². The van der Waals surface area contributed by atoms with Crippen LogP contribution in [0.4, 0.5) is 5.69 Å². The van der Waals surface area contributed by atoms with Gasteiger partial charge >= 0.3 is 29.6 Å². The molecule has 0 unspecified atom stereocenters. The standard InChI is InChI=1S/C25H27N3O5.Na/c1-16(9-10-17(2)33-3)26-13-14-27-21-12-11-20-23-18(21)6-4-7-19(23)24(31)28(25(20)32)15-5-8-22(29)30;/h4,6-7,9-12,26-27H,1-2,5,8,13-15H2,3H3,(H,29,30);/q;+1/p-1/b10-9-;. The monoisotopic (exact) mass is 471 g/mol. The number of carboxylic acid groups (broad SMARTS) is 1. The summed E-state index contributed by atoms with van der Waals surface area (Å²) in [4.78, 5) is 37.7. The summed E-state index contributed by atoms with van der Waals surface area (Å²) in [5, 5.41) is 18.6. The van der Waals surface area contributed by atoms with E-state index in [9.17, 15) is 19.5 Å². The molecule has 0 saturated carbocycles. The Balaban J connectivity index is 0.00000408. The number of benzene rings is 2. The third-order valence-corrected chi connectivity index (χ3v) is 5.28. The van der Waals surface area contributed by atoms with Crippen molar-refractivity contribution in [3.8, 4) is 0 Å². The summed E-state index contributed by atoms with van der Waals surface area (Å²) in [6.07, 6.45) is 3.42. The summed E-state index contributed by atoms with van der Waals surface area (Å²) in [6.45, 7) is 8.82. The number of nitrogens with one attached hydrogen (secondary N) is 2. The van der Waals surface area contributed by atoms with Gasteiger partial charge in [0.15, 0.2) is 0 Å². The fourth-order valence-electron chi connectivity index (χ4n) is 3.63. The van der Waals surface area contributed by atoms with Crippen LogP contribution in [0, 0.1) is 0 Å². The number of ether oxygens (including phenoxy) is 1. The van der Waals surface area contributed by atoms with Crippen LogP contribution in [0.15, 0.2) is 67.1 Å². The molecule has 0 fully saturated rings. The molecule has 1 aliphatic rings. The van der Waals surface area contributed by atoms with Crippen molar-refractivity contribution in [3.05, 3.63) is 78.2 Å². The molecular weight excluding hydrogens is 445 g/mol. The van der Waals surface area contributed by atoms with Crippen LogP contribution in [-0.2, 0) is 9.53 Å². The first-order valence-corrected chi connectivity index (χ1v) is 10.5. The topological polar surface area (TPSA) is 111 Å². The molecule has 0 atom stereocenters. The fraction of sp³-hybridized carbons (Fsp3) is 0.240. The molecule has 3 rings (SSSR count). The van der Waals surface area contributed by atoms with E-state index in [0.717, 1.165) is 16.0 Å². The number of carbonyl (C=O) groups excluding carboxylic acids is 3. The van der Waals surface area contributed by atoms with Gasteiger partial charge in [-0.3, -0.25) is 14.5 Å². The van der Waals surface area contributed by atoms with E-state index in [-0.39, 0.29) is 48.9 Å². The Bertz CT molecular complexity index is 1140. The van der Waals surface area contributed by atoms with E-state index in [2.05, 4.69) is 23.8 Å². The Kier molecular flexibility index (Phi) is 9.92. The zero-order valence-corrected chi connectivity index (χ0v) is 21.5. The van der Waals surface area contributed by atoms with E-state index in [1.165, 1.54) is 0 Å². The van der Waals surface area contributed by atoms with Gasteiger partial charge in [-0.05, 0) is 43.2 Å². The first-order valence-electron chi connectivity index (χ1n) is 10.5. The van der Waals surface area contributed by atoms with Gasteiger partial charge in [-0.25, -0.2) is 0 Å². The molecule has 1 aliphatic heterocycles. The van der Waals surface area contributed by atoms with Gasteiger partial charge in [-0.2, -0.15) is 0 Å². The molecule has 8 nitrogen and oxygen atoms in total. The number of carbonyl (C=O) groups is 3. The second-order valence-electron chi connectivity index (χ2n) is 7.51. The van der Waals surface area contributed by atoms with Gasteiger partial charge < -0.3 is 25.3 Å². The van der Waals surface area contributed by atoms with Crippen molar-refractivity contribution in [1.29, 1.82) is 0 Å². The van der Waals surface area contributed by atoms with Crippen molar-refractivity contribution in [3.63, 3.8) is 0 Å². The number of amides is 2. The first kappa shape index (κ1) is 27.2. The largest absolute Gasteiger partial charge is 1.00 e. The van der Waals surface area contributed by atoms with Crippen LogP contribution in [0.5, 0.6) is 0 Å². The van der Waals surface area contributed by atoms with Crippen LogP contribution in [0.2, 0.25) is 0 Å². The Morgan fingerprint density at radius 3 is 2.47 bits per heavy atom. The van der Waals surface area contributed by atoms with E-state index in [1.54, 1.807) is 37.5 Å². The van der Waals surface area contributed by atoms with Crippen LogP contribution in [-0.4, -0.2) is 49.4 Å². The molecule has 34 heavy (non-hydrogen) atoms. The maximum Gasteiger partial charge on any atom is 1.00 e. The predicted molar refractivity (Wildman–Crippen MR) is 124 cm³/mol. The molecule has 9 heteroatoms. The fourth-order valence-corrected chi connectivity index (χ4v) is 3.63. The molecule has 0 saturated heterocycles. The number of nitrogens with zero attached hydrogens (tertiary/aromatic N) is 1. The van der Waals surface area contributed by atoms with Crippen molar-refractivity contribution in [2.75, 3.05) is 32.1 Å². The van der Waals surface area contributed by atoms with E-state index in [4.69, 9.17) is 4.74 Å². The molecule has 2 aromatic rings. The number of hydrogen-bond donors (Lipinski definition) is 2. The van der Waals surface area contributed by atoms with Crippen molar-refractivity contribution < 1.29 is 53.8 Å². The van der Waals surface area contributed by atoms with E-state index in [1.807, 2.05) is 12.1 Å². The third-order valence-electron chi connectivity index (χ3n) is 5.28. The molecule has 0 radical (unpaired) electrons. The molecule has 1 heterocycles. The first-order chi connectivity index (χ1) is 15.8. The van der Waals surface area contributed by atoms with Crippen LogP contribution in [0.3, 0.4) is 0 Å². The number of anilines is 1. The quantitative estimate of drug-likeness (QED) is 0.137. The van der Waals surface area contributed by atoms with Crippen LogP contribution in [0.1, 0.15) is 33.6 Å². The molecule has 0 aromatic heterocycles. The Morgan fingerprint density at radius 2 is 1.79 bits per heavy atom. The van der Waals surface area contributed by atoms with Gasteiger partial charge in [-0.1, -0.05) is 25.3 Å². The summed E-state index contributed by atoms with van der Waals surface area (Å²) in [7, 11) is 1.54. The number of rotatable bonds is 12. The van der Waals surface area contributed by atoms with Crippen LogP contribution in [0.25, 0.3) is 10.8 Å². The van der Waals surface area contributed by atoms with E-state index >= 15 is 0 Å².